The van der Waals surface area contributed by atoms with Gasteiger partial charge in [0.15, 0.2) is 0 Å². The predicted molar refractivity (Wildman–Crippen MR) is 96.0 cm³/mol. The van der Waals surface area contributed by atoms with Crippen LogP contribution in [0.5, 0.6) is 0 Å². The van der Waals surface area contributed by atoms with Crippen molar-refractivity contribution in [3.8, 4) is 0 Å². The Balaban J connectivity index is 1.85. The smallest absolute Gasteiger partial charge is 0.272 e. The second kappa shape index (κ2) is 6.75. The van der Waals surface area contributed by atoms with Crippen LogP contribution in [0.15, 0.2) is 47.3 Å². The number of para-hydroxylation sites is 1. The van der Waals surface area contributed by atoms with Gasteiger partial charge in [-0.05, 0) is 31.2 Å². The zero-order chi connectivity index (χ0) is 18.8. The van der Waals surface area contributed by atoms with Crippen molar-refractivity contribution in [1.82, 2.24) is 14.9 Å². The molecule has 0 fully saturated rings. The number of aromatic amines is 1. The third-order valence-corrected chi connectivity index (χ3v) is 4.04. The van der Waals surface area contributed by atoms with Crippen LogP contribution >= 0.6 is 0 Å². The first-order valence-electron chi connectivity index (χ1n) is 7.85. The Morgan fingerprint density at radius 2 is 2.00 bits per heavy atom. The van der Waals surface area contributed by atoms with Crippen LogP contribution in [0.3, 0.4) is 0 Å². The molecule has 8 heteroatoms. The summed E-state index contributed by atoms with van der Waals surface area (Å²) in [6, 6.07) is 11.2. The molecule has 0 saturated heterocycles. The minimum absolute atomic E-state index is 0.0373. The van der Waals surface area contributed by atoms with Gasteiger partial charge in [-0.15, -0.1) is 0 Å². The van der Waals surface area contributed by atoms with Crippen LogP contribution in [0, 0.1) is 17.0 Å². The molecule has 0 atom stereocenters. The Bertz CT molecular complexity index is 1070. The fourth-order valence-corrected chi connectivity index (χ4v) is 2.72. The standard InChI is InChI=1S/C18H16N4O4/c1-11-9-12(7-8-15(11)22(25)26)18(24)21(2)10-16-19-14-6-4-3-5-13(14)17(23)20-16/h3-9H,10H2,1-2H3,(H,19,20,23). The Kier molecular flexibility index (Phi) is 4.49. The summed E-state index contributed by atoms with van der Waals surface area (Å²) in [7, 11) is 1.58. The molecule has 8 nitrogen and oxygen atoms in total. The molecule has 0 aliphatic heterocycles. The number of nitrogens with one attached hydrogen (secondary N) is 1. The number of aromatic nitrogens is 2. The monoisotopic (exact) mass is 352 g/mol. The molecule has 3 aromatic rings. The summed E-state index contributed by atoms with van der Waals surface area (Å²) in [5.41, 5.74) is 0.992. The summed E-state index contributed by atoms with van der Waals surface area (Å²) in [6.07, 6.45) is 0. The minimum Gasteiger partial charge on any atom is -0.334 e. The highest BCUT2D eigenvalue weighted by molar-refractivity contribution is 5.94. The van der Waals surface area contributed by atoms with Gasteiger partial charge < -0.3 is 9.88 Å². The van der Waals surface area contributed by atoms with E-state index in [1.807, 2.05) is 0 Å². The van der Waals surface area contributed by atoms with E-state index in [9.17, 15) is 19.7 Å². The summed E-state index contributed by atoms with van der Waals surface area (Å²) in [5, 5.41) is 11.4. The Hall–Kier alpha value is -3.55. The molecule has 1 N–H and O–H groups in total. The van der Waals surface area contributed by atoms with Gasteiger partial charge in [0.25, 0.3) is 17.2 Å². The summed E-state index contributed by atoms with van der Waals surface area (Å²) in [5.74, 6) is 0.0435. The lowest BCUT2D eigenvalue weighted by Gasteiger charge is -2.17. The maximum absolute atomic E-state index is 12.6. The largest absolute Gasteiger partial charge is 0.334 e. The first kappa shape index (κ1) is 17.3. The van der Waals surface area contributed by atoms with Crippen molar-refractivity contribution in [3.05, 3.63) is 79.9 Å². The molecule has 0 aliphatic carbocycles. The summed E-state index contributed by atoms with van der Waals surface area (Å²) >= 11 is 0. The Morgan fingerprint density at radius 1 is 1.27 bits per heavy atom. The third-order valence-electron chi connectivity index (χ3n) is 4.04. The highest BCUT2D eigenvalue weighted by Crippen LogP contribution is 2.19. The molecule has 2 aromatic carbocycles. The van der Waals surface area contributed by atoms with E-state index in [0.717, 1.165) is 0 Å². The number of benzene rings is 2. The number of H-pyrrole nitrogens is 1. The quantitative estimate of drug-likeness (QED) is 0.573. The number of carbonyl (C=O) groups excluding carboxylic acids is 1. The number of amides is 1. The number of nitro benzene ring substituents is 1. The molecule has 1 heterocycles. The van der Waals surface area contributed by atoms with Crippen molar-refractivity contribution >= 4 is 22.5 Å². The molecule has 0 unspecified atom stereocenters. The van der Waals surface area contributed by atoms with E-state index >= 15 is 0 Å². The van der Waals surface area contributed by atoms with Crippen molar-refractivity contribution in [2.45, 2.75) is 13.5 Å². The molecule has 26 heavy (non-hydrogen) atoms. The number of rotatable bonds is 4. The molecule has 132 valence electrons. The van der Waals surface area contributed by atoms with Crippen molar-refractivity contribution in [2.75, 3.05) is 7.05 Å². The van der Waals surface area contributed by atoms with E-state index in [1.165, 1.54) is 23.1 Å². The Labute approximate surface area is 148 Å². The van der Waals surface area contributed by atoms with Crippen LogP contribution < -0.4 is 5.56 Å². The van der Waals surface area contributed by atoms with Crippen LogP contribution in [-0.2, 0) is 6.54 Å². The number of hydrogen-bond acceptors (Lipinski definition) is 5. The van der Waals surface area contributed by atoms with E-state index in [1.54, 1.807) is 38.2 Å². The van der Waals surface area contributed by atoms with Gasteiger partial charge in [-0.25, -0.2) is 4.98 Å². The van der Waals surface area contributed by atoms with Crippen molar-refractivity contribution in [2.24, 2.45) is 0 Å². The topological polar surface area (TPSA) is 109 Å². The molecule has 0 spiro atoms. The predicted octanol–water partition coefficient (Wildman–Crippen LogP) is 2.41. The lowest BCUT2D eigenvalue weighted by atomic mass is 10.1. The number of aryl methyl sites for hydroxylation is 1. The highest BCUT2D eigenvalue weighted by Gasteiger charge is 2.17. The average Bonchev–Trinajstić information content (AvgIpc) is 2.60. The van der Waals surface area contributed by atoms with Crippen LogP contribution in [-0.4, -0.2) is 32.7 Å². The van der Waals surface area contributed by atoms with E-state index in [4.69, 9.17) is 0 Å². The molecular weight excluding hydrogens is 336 g/mol. The minimum atomic E-state index is -0.489. The zero-order valence-electron chi connectivity index (χ0n) is 14.2. The first-order chi connectivity index (χ1) is 12.4. The average molecular weight is 352 g/mol. The van der Waals surface area contributed by atoms with E-state index in [2.05, 4.69) is 9.97 Å². The summed E-state index contributed by atoms with van der Waals surface area (Å²) in [6.45, 7) is 1.69. The molecule has 3 rings (SSSR count). The molecule has 0 aliphatic rings. The van der Waals surface area contributed by atoms with E-state index in [-0.39, 0.29) is 23.7 Å². The molecule has 0 saturated carbocycles. The van der Waals surface area contributed by atoms with Gasteiger partial charge in [0.1, 0.15) is 5.82 Å². The highest BCUT2D eigenvalue weighted by atomic mass is 16.6. The van der Waals surface area contributed by atoms with Gasteiger partial charge in [0, 0.05) is 24.2 Å². The lowest BCUT2D eigenvalue weighted by Crippen LogP contribution is -2.28. The number of nitrogens with zero attached hydrogens (tertiary/aromatic N) is 3. The molecule has 1 aromatic heterocycles. The van der Waals surface area contributed by atoms with Crippen LogP contribution in [0.1, 0.15) is 21.7 Å². The number of fused-ring (bicyclic) bond motifs is 1. The first-order valence-corrected chi connectivity index (χ1v) is 7.85. The van der Waals surface area contributed by atoms with Gasteiger partial charge in [-0.1, -0.05) is 12.1 Å². The van der Waals surface area contributed by atoms with Gasteiger partial charge in [-0.3, -0.25) is 19.7 Å². The van der Waals surface area contributed by atoms with Crippen molar-refractivity contribution < 1.29 is 9.72 Å². The third kappa shape index (κ3) is 3.30. The van der Waals surface area contributed by atoms with Gasteiger partial charge in [-0.2, -0.15) is 0 Å². The number of carbonyl (C=O) groups is 1. The lowest BCUT2D eigenvalue weighted by molar-refractivity contribution is -0.385. The zero-order valence-corrected chi connectivity index (χ0v) is 14.2. The van der Waals surface area contributed by atoms with Crippen molar-refractivity contribution in [1.29, 1.82) is 0 Å². The SMILES string of the molecule is Cc1cc(C(=O)N(C)Cc2nc3ccccc3c(=O)[nH]2)ccc1[N+](=O)[O-]. The van der Waals surface area contributed by atoms with Gasteiger partial charge >= 0.3 is 0 Å². The fourth-order valence-electron chi connectivity index (χ4n) is 2.72. The number of nitro groups is 1. The fraction of sp³-hybridized carbons (Fsp3) is 0.167. The molecule has 0 bridgehead atoms. The van der Waals surface area contributed by atoms with Gasteiger partial charge in [0.2, 0.25) is 0 Å². The van der Waals surface area contributed by atoms with Gasteiger partial charge in [0.05, 0.1) is 22.4 Å². The maximum atomic E-state index is 12.6. The molecular formula is C18H16N4O4. The van der Waals surface area contributed by atoms with Crippen LogP contribution in [0.2, 0.25) is 0 Å². The second-order valence-corrected chi connectivity index (χ2v) is 5.95. The van der Waals surface area contributed by atoms with Crippen LogP contribution in [0.25, 0.3) is 10.9 Å². The second-order valence-electron chi connectivity index (χ2n) is 5.95. The van der Waals surface area contributed by atoms with Crippen molar-refractivity contribution in [3.63, 3.8) is 0 Å². The maximum Gasteiger partial charge on any atom is 0.272 e. The van der Waals surface area contributed by atoms with E-state index < -0.39 is 4.92 Å². The van der Waals surface area contributed by atoms with Crippen LogP contribution in [0.4, 0.5) is 5.69 Å². The molecule has 1 amide bonds. The molecule has 0 radical (unpaired) electrons. The normalized spacial score (nSPS) is 10.7. The number of hydrogen-bond donors (Lipinski definition) is 1. The summed E-state index contributed by atoms with van der Waals surface area (Å²) in [4.78, 5) is 43.5. The Morgan fingerprint density at radius 3 is 2.69 bits per heavy atom. The summed E-state index contributed by atoms with van der Waals surface area (Å²) < 4.78 is 0. The van der Waals surface area contributed by atoms with E-state index in [0.29, 0.717) is 27.9 Å².